The highest BCUT2D eigenvalue weighted by atomic mass is 35.5. The molecule has 0 amide bonds. The summed E-state index contributed by atoms with van der Waals surface area (Å²) in [6.07, 6.45) is -2.62. The molecule has 0 bridgehead atoms. The lowest BCUT2D eigenvalue weighted by Gasteiger charge is -2.35. The van der Waals surface area contributed by atoms with Crippen LogP contribution in [0, 0.1) is 0 Å². The summed E-state index contributed by atoms with van der Waals surface area (Å²) in [6, 6.07) is 3.58. The number of piperazine rings is 1. The molecular weight excluding hydrogens is 301 g/mol. The van der Waals surface area contributed by atoms with Gasteiger partial charge in [-0.25, -0.2) is 0 Å². The van der Waals surface area contributed by atoms with Gasteiger partial charge in [0, 0.05) is 37.2 Å². The Morgan fingerprint density at radius 1 is 1.29 bits per heavy atom. The number of benzene rings is 1. The summed E-state index contributed by atoms with van der Waals surface area (Å²) < 4.78 is 38.8. The molecule has 1 fully saturated rings. The summed E-state index contributed by atoms with van der Waals surface area (Å²) in [6.45, 7) is 5.42. The van der Waals surface area contributed by atoms with Crippen LogP contribution in [-0.2, 0) is 6.18 Å². The van der Waals surface area contributed by atoms with Crippen molar-refractivity contribution in [1.82, 2.24) is 10.2 Å². The average Bonchev–Trinajstić information content (AvgIpc) is 2.45. The third-order valence-corrected chi connectivity index (χ3v) is 4.18. The van der Waals surface area contributed by atoms with Crippen LogP contribution in [0.1, 0.15) is 36.9 Å². The van der Waals surface area contributed by atoms with Crippen molar-refractivity contribution in [3.8, 4) is 0 Å². The standard InChI is InChI=1S/C15H20ClF3N2/c1-2-3-14(21-8-6-20-7-9-21)12-10-11(15(17,18)19)4-5-13(12)16/h4-5,10,14,20H,2-3,6-9H2,1H3/t14-/m0/s1. The van der Waals surface area contributed by atoms with E-state index in [0.717, 1.165) is 45.1 Å². The van der Waals surface area contributed by atoms with Gasteiger partial charge in [-0.1, -0.05) is 24.9 Å². The monoisotopic (exact) mass is 320 g/mol. The summed E-state index contributed by atoms with van der Waals surface area (Å²) >= 11 is 6.19. The molecule has 2 nitrogen and oxygen atoms in total. The summed E-state index contributed by atoms with van der Waals surface area (Å²) in [4.78, 5) is 2.22. The van der Waals surface area contributed by atoms with E-state index in [1.54, 1.807) is 0 Å². The predicted octanol–water partition coefficient (Wildman–Crippen LogP) is 4.11. The third kappa shape index (κ3) is 4.11. The van der Waals surface area contributed by atoms with Gasteiger partial charge in [0.2, 0.25) is 0 Å². The Balaban J connectivity index is 2.34. The number of halogens is 4. The second-order valence-electron chi connectivity index (χ2n) is 5.32. The Bertz CT molecular complexity index is 470. The van der Waals surface area contributed by atoms with E-state index in [0.29, 0.717) is 10.6 Å². The molecule has 2 rings (SSSR count). The molecule has 1 N–H and O–H groups in total. The minimum atomic E-state index is -4.33. The molecule has 1 saturated heterocycles. The average molecular weight is 321 g/mol. The maximum absolute atomic E-state index is 12.9. The van der Waals surface area contributed by atoms with Gasteiger partial charge < -0.3 is 5.32 Å². The van der Waals surface area contributed by atoms with E-state index in [1.807, 2.05) is 6.92 Å². The van der Waals surface area contributed by atoms with Gasteiger partial charge in [-0.05, 0) is 30.2 Å². The summed E-state index contributed by atoms with van der Waals surface area (Å²) in [7, 11) is 0. The Labute approximate surface area is 128 Å². The fraction of sp³-hybridized carbons (Fsp3) is 0.600. The molecule has 0 saturated carbocycles. The van der Waals surface area contributed by atoms with Crippen molar-refractivity contribution in [2.24, 2.45) is 0 Å². The van der Waals surface area contributed by atoms with Gasteiger partial charge in [-0.15, -0.1) is 0 Å². The van der Waals surface area contributed by atoms with Gasteiger partial charge in [0.15, 0.2) is 0 Å². The van der Waals surface area contributed by atoms with Crippen molar-refractivity contribution >= 4 is 11.6 Å². The molecule has 1 atom stereocenters. The molecule has 1 aliphatic rings. The lowest BCUT2D eigenvalue weighted by atomic mass is 9.97. The molecule has 0 spiro atoms. The number of hydrogen-bond donors (Lipinski definition) is 1. The number of hydrogen-bond acceptors (Lipinski definition) is 2. The first-order chi connectivity index (χ1) is 9.93. The molecule has 0 unspecified atom stereocenters. The van der Waals surface area contributed by atoms with Gasteiger partial charge in [0.25, 0.3) is 0 Å². The summed E-state index contributed by atoms with van der Waals surface area (Å²) in [5, 5.41) is 3.68. The molecule has 0 aromatic heterocycles. The summed E-state index contributed by atoms with van der Waals surface area (Å²) in [5.74, 6) is 0. The first-order valence-electron chi connectivity index (χ1n) is 7.25. The quantitative estimate of drug-likeness (QED) is 0.898. The van der Waals surface area contributed by atoms with E-state index < -0.39 is 11.7 Å². The van der Waals surface area contributed by atoms with Crippen molar-refractivity contribution in [2.75, 3.05) is 26.2 Å². The molecule has 6 heteroatoms. The number of rotatable bonds is 4. The highest BCUT2D eigenvalue weighted by molar-refractivity contribution is 6.31. The van der Waals surface area contributed by atoms with Crippen molar-refractivity contribution in [2.45, 2.75) is 32.0 Å². The van der Waals surface area contributed by atoms with E-state index in [-0.39, 0.29) is 6.04 Å². The zero-order valence-corrected chi connectivity index (χ0v) is 12.8. The fourth-order valence-electron chi connectivity index (χ4n) is 2.78. The van der Waals surface area contributed by atoms with Crippen LogP contribution < -0.4 is 5.32 Å². The van der Waals surface area contributed by atoms with Crippen LogP contribution in [0.2, 0.25) is 5.02 Å². The fourth-order valence-corrected chi connectivity index (χ4v) is 3.02. The third-order valence-electron chi connectivity index (χ3n) is 3.84. The first kappa shape index (κ1) is 16.6. The molecule has 21 heavy (non-hydrogen) atoms. The van der Waals surface area contributed by atoms with Crippen LogP contribution >= 0.6 is 11.6 Å². The molecule has 118 valence electrons. The van der Waals surface area contributed by atoms with Crippen LogP contribution in [0.4, 0.5) is 13.2 Å². The van der Waals surface area contributed by atoms with E-state index >= 15 is 0 Å². The van der Waals surface area contributed by atoms with E-state index in [4.69, 9.17) is 11.6 Å². The predicted molar refractivity (Wildman–Crippen MR) is 78.5 cm³/mol. The Hall–Kier alpha value is -0.780. The summed E-state index contributed by atoms with van der Waals surface area (Å²) in [5.41, 5.74) is -0.0339. The molecule has 1 aromatic rings. The Morgan fingerprint density at radius 2 is 1.95 bits per heavy atom. The SMILES string of the molecule is CCC[C@@H](c1cc(C(F)(F)F)ccc1Cl)N1CCNCC1. The van der Waals surface area contributed by atoms with Crippen LogP contribution in [0.15, 0.2) is 18.2 Å². The van der Waals surface area contributed by atoms with Crippen LogP contribution in [0.25, 0.3) is 0 Å². The molecule has 1 heterocycles. The highest BCUT2D eigenvalue weighted by Gasteiger charge is 2.32. The van der Waals surface area contributed by atoms with Gasteiger partial charge in [-0.3, -0.25) is 4.90 Å². The largest absolute Gasteiger partial charge is 0.416 e. The number of nitrogens with one attached hydrogen (secondary N) is 1. The zero-order chi connectivity index (χ0) is 15.5. The smallest absolute Gasteiger partial charge is 0.314 e. The topological polar surface area (TPSA) is 15.3 Å². The maximum Gasteiger partial charge on any atom is 0.416 e. The number of alkyl halides is 3. The molecule has 0 aliphatic carbocycles. The normalized spacial score (nSPS) is 18.7. The Kier molecular flexibility index (Phi) is 5.52. The maximum atomic E-state index is 12.9. The van der Waals surface area contributed by atoms with E-state index in [1.165, 1.54) is 12.1 Å². The van der Waals surface area contributed by atoms with Crippen molar-refractivity contribution in [3.63, 3.8) is 0 Å². The van der Waals surface area contributed by atoms with Crippen LogP contribution in [0.5, 0.6) is 0 Å². The minimum Gasteiger partial charge on any atom is -0.314 e. The first-order valence-corrected chi connectivity index (χ1v) is 7.62. The van der Waals surface area contributed by atoms with Crippen LogP contribution in [-0.4, -0.2) is 31.1 Å². The highest BCUT2D eigenvalue weighted by Crippen LogP contribution is 2.37. The second kappa shape index (κ2) is 6.99. The van der Waals surface area contributed by atoms with Gasteiger partial charge >= 0.3 is 6.18 Å². The van der Waals surface area contributed by atoms with E-state index in [9.17, 15) is 13.2 Å². The number of nitrogens with zero attached hydrogens (tertiary/aromatic N) is 1. The van der Waals surface area contributed by atoms with Crippen molar-refractivity contribution < 1.29 is 13.2 Å². The van der Waals surface area contributed by atoms with Gasteiger partial charge in [-0.2, -0.15) is 13.2 Å². The van der Waals surface area contributed by atoms with Crippen LogP contribution in [0.3, 0.4) is 0 Å². The molecule has 1 aliphatic heterocycles. The zero-order valence-electron chi connectivity index (χ0n) is 12.0. The lowest BCUT2D eigenvalue weighted by molar-refractivity contribution is -0.137. The minimum absolute atomic E-state index is 0.0492. The lowest BCUT2D eigenvalue weighted by Crippen LogP contribution is -2.45. The van der Waals surface area contributed by atoms with E-state index in [2.05, 4.69) is 10.2 Å². The molecular formula is C15H20ClF3N2. The van der Waals surface area contributed by atoms with Gasteiger partial charge in [0.05, 0.1) is 5.56 Å². The molecule has 0 radical (unpaired) electrons. The van der Waals surface area contributed by atoms with Crippen molar-refractivity contribution in [3.05, 3.63) is 34.3 Å². The molecule has 1 aromatic carbocycles. The Morgan fingerprint density at radius 3 is 2.52 bits per heavy atom. The second-order valence-corrected chi connectivity index (χ2v) is 5.73. The van der Waals surface area contributed by atoms with Gasteiger partial charge in [0.1, 0.15) is 0 Å². The van der Waals surface area contributed by atoms with Crippen molar-refractivity contribution in [1.29, 1.82) is 0 Å².